The lowest BCUT2D eigenvalue weighted by Gasteiger charge is -2.25. The first-order chi connectivity index (χ1) is 10.5. The second kappa shape index (κ2) is 9.27. The standard InChI is InChI=1S/C16H28N4O2/c1-12(11-21-4)19-16(17)18-10-14(20(2)3)13-8-6-7-9-15(13)22-5/h6-9,12,14H,10-11H2,1-5H3,(H3,17,18,19). The maximum atomic E-state index is 5.94. The molecule has 0 radical (unpaired) electrons. The number of para-hydroxylation sites is 1. The molecule has 2 unspecified atom stereocenters. The number of nitrogens with zero attached hydrogens (tertiary/aromatic N) is 2. The summed E-state index contributed by atoms with van der Waals surface area (Å²) >= 11 is 0. The van der Waals surface area contributed by atoms with Crippen molar-refractivity contribution in [2.75, 3.05) is 41.5 Å². The largest absolute Gasteiger partial charge is 0.496 e. The smallest absolute Gasteiger partial charge is 0.188 e. The van der Waals surface area contributed by atoms with E-state index in [4.69, 9.17) is 15.2 Å². The summed E-state index contributed by atoms with van der Waals surface area (Å²) in [5.74, 6) is 1.28. The van der Waals surface area contributed by atoms with Crippen molar-refractivity contribution < 1.29 is 9.47 Å². The van der Waals surface area contributed by atoms with Crippen molar-refractivity contribution in [3.63, 3.8) is 0 Å². The van der Waals surface area contributed by atoms with Gasteiger partial charge in [-0.25, -0.2) is 0 Å². The van der Waals surface area contributed by atoms with E-state index in [0.717, 1.165) is 11.3 Å². The summed E-state index contributed by atoms with van der Waals surface area (Å²) in [6, 6.07) is 8.18. The summed E-state index contributed by atoms with van der Waals surface area (Å²) in [5, 5.41) is 3.11. The van der Waals surface area contributed by atoms with Crippen molar-refractivity contribution in [2.24, 2.45) is 10.7 Å². The molecule has 6 heteroatoms. The molecule has 1 aromatic rings. The van der Waals surface area contributed by atoms with Gasteiger partial charge in [-0.1, -0.05) is 18.2 Å². The van der Waals surface area contributed by atoms with Crippen molar-refractivity contribution in [2.45, 2.75) is 19.0 Å². The number of hydrogen-bond donors (Lipinski definition) is 2. The molecule has 0 saturated heterocycles. The van der Waals surface area contributed by atoms with Crippen LogP contribution in [-0.4, -0.2) is 58.4 Å². The average Bonchev–Trinajstić information content (AvgIpc) is 2.47. The Labute approximate surface area is 133 Å². The molecule has 0 saturated carbocycles. The summed E-state index contributed by atoms with van der Waals surface area (Å²) in [6.07, 6.45) is 0. The van der Waals surface area contributed by atoms with E-state index in [9.17, 15) is 0 Å². The highest BCUT2D eigenvalue weighted by atomic mass is 16.5. The van der Waals surface area contributed by atoms with Gasteiger partial charge < -0.3 is 25.4 Å². The van der Waals surface area contributed by atoms with Crippen molar-refractivity contribution in [1.29, 1.82) is 0 Å². The lowest BCUT2D eigenvalue weighted by atomic mass is 10.0. The predicted octanol–water partition coefficient (Wildman–Crippen LogP) is 1.24. The Hall–Kier alpha value is -1.79. The number of ether oxygens (including phenoxy) is 2. The second-order valence-electron chi connectivity index (χ2n) is 5.45. The van der Waals surface area contributed by atoms with Crippen LogP contribution in [0.2, 0.25) is 0 Å². The molecular weight excluding hydrogens is 280 g/mol. The molecular formula is C16H28N4O2. The third-order valence-electron chi connectivity index (χ3n) is 3.37. The first-order valence-corrected chi connectivity index (χ1v) is 7.34. The number of benzene rings is 1. The lowest BCUT2D eigenvalue weighted by molar-refractivity contribution is 0.179. The number of nitrogens with two attached hydrogens (primary N) is 1. The molecule has 0 aromatic heterocycles. The second-order valence-corrected chi connectivity index (χ2v) is 5.45. The molecule has 124 valence electrons. The van der Waals surface area contributed by atoms with Crippen LogP contribution in [0.25, 0.3) is 0 Å². The minimum Gasteiger partial charge on any atom is -0.496 e. The summed E-state index contributed by atoms with van der Waals surface area (Å²) < 4.78 is 10.5. The SMILES string of the molecule is COCC(C)NC(N)=NCC(c1ccccc1OC)N(C)C. The van der Waals surface area contributed by atoms with Gasteiger partial charge in [0.2, 0.25) is 0 Å². The van der Waals surface area contributed by atoms with Crippen LogP contribution in [-0.2, 0) is 4.74 Å². The fourth-order valence-electron chi connectivity index (χ4n) is 2.26. The average molecular weight is 308 g/mol. The highest BCUT2D eigenvalue weighted by Crippen LogP contribution is 2.27. The summed E-state index contributed by atoms with van der Waals surface area (Å²) in [7, 11) is 7.38. The van der Waals surface area contributed by atoms with E-state index >= 15 is 0 Å². The molecule has 1 aromatic carbocycles. The summed E-state index contributed by atoms with van der Waals surface area (Å²) in [6.45, 7) is 3.13. The zero-order valence-corrected chi connectivity index (χ0v) is 14.2. The number of methoxy groups -OCH3 is 2. The Kier molecular flexibility index (Phi) is 7.70. The van der Waals surface area contributed by atoms with E-state index in [0.29, 0.717) is 19.1 Å². The zero-order valence-electron chi connectivity index (χ0n) is 14.2. The fraction of sp³-hybridized carbons (Fsp3) is 0.562. The molecule has 3 N–H and O–H groups in total. The van der Waals surface area contributed by atoms with Crippen LogP contribution in [0.5, 0.6) is 5.75 Å². The van der Waals surface area contributed by atoms with Gasteiger partial charge in [0.1, 0.15) is 5.75 Å². The van der Waals surface area contributed by atoms with E-state index in [1.165, 1.54) is 0 Å². The van der Waals surface area contributed by atoms with Gasteiger partial charge in [0.05, 0.1) is 26.3 Å². The van der Waals surface area contributed by atoms with Crippen LogP contribution < -0.4 is 15.8 Å². The van der Waals surface area contributed by atoms with Crippen LogP contribution in [0.1, 0.15) is 18.5 Å². The van der Waals surface area contributed by atoms with E-state index < -0.39 is 0 Å². The maximum Gasteiger partial charge on any atom is 0.188 e. The van der Waals surface area contributed by atoms with Gasteiger partial charge in [-0.2, -0.15) is 0 Å². The van der Waals surface area contributed by atoms with Crippen molar-refractivity contribution >= 4 is 5.96 Å². The van der Waals surface area contributed by atoms with Crippen molar-refractivity contribution in [1.82, 2.24) is 10.2 Å². The first kappa shape index (κ1) is 18.3. The Morgan fingerprint density at radius 2 is 2.00 bits per heavy atom. The van der Waals surface area contributed by atoms with Crippen molar-refractivity contribution in [3.05, 3.63) is 29.8 Å². The van der Waals surface area contributed by atoms with E-state index in [2.05, 4.69) is 21.3 Å². The summed E-state index contributed by atoms with van der Waals surface area (Å²) in [4.78, 5) is 6.55. The molecule has 0 amide bonds. The number of nitrogens with one attached hydrogen (secondary N) is 1. The molecule has 6 nitrogen and oxygen atoms in total. The van der Waals surface area contributed by atoms with Gasteiger partial charge in [-0.05, 0) is 27.1 Å². The first-order valence-electron chi connectivity index (χ1n) is 7.34. The molecule has 0 aliphatic rings. The number of rotatable bonds is 8. The Morgan fingerprint density at radius 3 is 2.59 bits per heavy atom. The van der Waals surface area contributed by atoms with Crippen LogP contribution in [0.4, 0.5) is 0 Å². The number of hydrogen-bond acceptors (Lipinski definition) is 4. The van der Waals surface area contributed by atoms with Crippen LogP contribution in [0, 0.1) is 0 Å². The quantitative estimate of drug-likeness (QED) is 0.558. The Balaban J connectivity index is 2.81. The third-order valence-corrected chi connectivity index (χ3v) is 3.37. The van der Waals surface area contributed by atoms with Gasteiger partial charge in [-0.3, -0.25) is 4.99 Å². The van der Waals surface area contributed by atoms with E-state index in [1.54, 1.807) is 14.2 Å². The molecule has 0 bridgehead atoms. The Bertz CT molecular complexity index is 477. The monoisotopic (exact) mass is 308 g/mol. The summed E-state index contributed by atoms with van der Waals surface area (Å²) in [5.41, 5.74) is 7.03. The van der Waals surface area contributed by atoms with Crippen molar-refractivity contribution in [3.8, 4) is 5.75 Å². The van der Waals surface area contributed by atoms with Crippen LogP contribution >= 0.6 is 0 Å². The number of aliphatic imine (C=N–C) groups is 1. The number of guanidine groups is 1. The Morgan fingerprint density at radius 1 is 1.32 bits per heavy atom. The van der Waals surface area contributed by atoms with Gasteiger partial charge in [0, 0.05) is 18.7 Å². The minimum absolute atomic E-state index is 0.0919. The highest BCUT2D eigenvalue weighted by Gasteiger charge is 2.17. The maximum absolute atomic E-state index is 5.94. The molecule has 0 aliphatic carbocycles. The molecule has 0 heterocycles. The van der Waals surface area contributed by atoms with E-state index in [-0.39, 0.29) is 12.1 Å². The molecule has 0 fully saturated rings. The molecule has 1 rings (SSSR count). The molecule has 0 aliphatic heterocycles. The van der Waals surface area contributed by atoms with Crippen LogP contribution in [0.3, 0.4) is 0 Å². The molecule has 0 spiro atoms. The van der Waals surface area contributed by atoms with Crippen LogP contribution in [0.15, 0.2) is 29.3 Å². The zero-order chi connectivity index (χ0) is 16.5. The van der Waals surface area contributed by atoms with Gasteiger partial charge in [0.15, 0.2) is 5.96 Å². The third kappa shape index (κ3) is 5.54. The van der Waals surface area contributed by atoms with Gasteiger partial charge in [-0.15, -0.1) is 0 Å². The van der Waals surface area contributed by atoms with Gasteiger partial charge in [0.25, 0.3) is 0 Å². The van der Waals surface area contributed by atoms with Gasteiger partial charge >= 0.3 is 0 Å². The molecule has 2 atom stereocenters. The minimum atomic E-state index is 0.0919. The number of likely N-dealkylation sites (N-methyl/N-ethyl adjacent to an activating group) is 1. The highest BCUT2D eigenvalue weighted by molar-refractivity contribution is 5.78. The topological polar surface area (TPSA) is 72.1 Å². The molecule has 22 heavy (non-hydrogen) atoms. The lowest BCUT2D eigenvalue weighted by Crippen LogP contribution is -2.41. The normalized spacial score (nSPS) is 14.7. The van der Waals surface area contributed by atoms with E-state index in [1.807, 2.05) is 39.2 Å². The fourth-order valence-corrected chi connectivity index (χ4v) is 2.26. The predicted molar refractivity (Wildman–Crippen MR) is 90.4 cm³/mol.